The molecule has 2 heterocycles. The van der Waals surface area contributed by atoms with E-state index in [1.54, 1.807) is 17.5 Å². The van der Waals surface area contributed by atoms with Crippen LogP contribution in [-0.2, 0) is 0 Å². The fraction of sp³-hybridized carbons (Fsp3) is 0.286. The molecule has 1 atom stereocenters. The first-order chi connectivity index (χ1) is 8.09. The van der Waals surface area contributed by atoms with Gasteiger partial charge in [0.15, 0.2) is 5.78 Å². The average molecular weight is 245 g/mol. The predicted octanol–water partition coefficient (Wildman–Crippen LogP) is 3.75. The van der Waals surface area contributed by atoms with Crippen LogP contribution in [0.1, 0.15) is 38.6 Å². The van der Waals surface area contributed by atoms with Crippen LogP contribution in [-0.4, -0.2) is 10.8 Å². The fourth-order valence-electron chi connectivity index (χ4n) is 1.67. The second-order valence-electron chi connectivity index (χ2n) is 4.19. The molecule has 17 heavy (non-hydrogen) atoms. The van der Waals surface area contributed by atoms with Crippen molar-refractivity contribution in [3.63, 3.8) is 0 Å². The van der Waals surface area contributed by atoms with E-state index in [0.29, 0.717) is 0 Å². The summed E-state index contributed by atoms with van der Waals surface area (Å²) in [5.74, 6) is -0.0152. The van der Waals surface area contributed by atoms with Crippen molar-refractivity contribution < 1.29 is 4.79 Å². The number of pyridine rings is 1. The normalized spacial score (nSPS) is 12.4. The predicted molar refractivity (Wildman–Crippen MR) is 70.8 cm³/mol. The molecule has 0 fully saturated rings. The van der Waals surface area contributed by atoms with Gasteiger partial charge < -0.3 is 0 Å². The van der Waals surface area contributed by atoms with Gasteiger partial charge in [-0.3, -0.25) is 9.78 Å². The summed E-state index contributed by atoms with van der Waals surface area (Å²) in [5, 5.41) is 0. The molecule has 2 aromatic heterocycles. The number of carbonyl (C=O) groups excluding carboxylic acids is 1. The highest BCUT2D eigenvalue weighted by molar-refractivity contribution is 7.14. The van der Waals surface area contributed by atoms with E-state index in [4.69, 9.17) is 0 Å². The Hall–Kier alpha value is -1.48. The second-order valence-corrected chi connectivity index (χ2v) is 5.45. The van der Waals surface area contributed by atoms with E-state index in [0.717, 1.165) is 10.6 Å². The first-order valence-corrected chi connectivity index (χ1v) is 6.43. The molecule has 88 valence electrons. The lowest BCUT2D eigenvalue weighted by atomic mass is 10.0. The Bertz CT molecular complexity index is 511. The van der Waals surface area contributed by atoms with Crippen LogP contribution in [0.5, 0.6) is 0 Å². The van der Waals surface area contributed by atoms with Gasteiger partial charge in [0.05, 0.1) is 16.5 Å². The number of nitrogens with zero attached hydrogens (tertiary/aromatic N) is 1. The highest BCUT2D eigenvalue weighted by Gasteiger charge is 2.20. The molecule has 2 rings (SSSR count). The lowest BCUT2D eigenvalue weighted by molar-refractivity contribution is 0.0968. The minimum atomic E-state index is -0.173. The number of rotatable bonds is 3. The molecule has 2 aromatic rings. The average Bonchev–Trinajstić information content (AvgIpc) is 2.69. The van der Waals surface area contributed by atoms with Gasteiger partial charge in [-0.25, -0.2) is 0 Å². The lowest BCUT2D eigenvalue weighted by Gasteiger charge is -2.07. The number of ketones is 1. The van der Waals surface area contributed by atoms with Crippen molar-refractivity contribution >= 4 is 17.1 Å². The van der Waals surface area contributed by atoms with E-state index >= 15 is 0 Å². The van der Waals surface area contributed by atoms with Gasteiger partial charge in [0.2, 0.25) is 0 Å². The van der Waals surface area contributed by atoms with E-state index in [1.807, 2.05) is 45.0 Å². The third-order valence-electron chi connectivity index (χ3n) is 2.93. The summed E-state index contributed by atoms with van der Waals surface area (Å²) >= 11 is 1.57. The van der Waals surface area contributed by atoms with E-state index < -0.39 is 0 Å². The van der Waals surface area contributed by atoms with Gasteiger partial charge >= 0.3 is 0 Å². The SMILES string of the molecule is Cc1cc(C(=O)C(C)c2ccccn2)sc1C. The number of carbonyl (C=O) groups is 1. The zero-order chi connectivity index (χ0) is 12.4. The van der Waals surface area contributed by atoms with Gasteiger partial charge in [-0.05, 0) is 44.5 Å². The van der Waals surface area contributed by atoms with Crippen molar-refractivity contribution in [1.29, 1.82) is 0 Å². The minimum absolute atomic E-state index is 0.157. The summed E-state index contributed by atoms with van der Waals surface area (Å²) < 4.78 is 0. The van der Waals surface area contributed by atoms with Gasteiger partial charge in [-0.15, -0.1) is 11.3 Å². The Morgan fingerprint density at radius 1 is 1.35 bits per heavy atom. The molecule has 0 saturated heterocycles. The third kappa shape index (κ3) is 2.44. The largest absolute Gasteiger partial charge is 0.293 e. The lowest BCUT2D eigenvalue weighted by Crippen LogP contribution is -2.09. The monoisotopic (exact) mass is 245 g/mol. The summed E-state index contributed by atoms with van der Waals surface area (Å²) in [5.41, 5.74) is 2.02. The van der Waals surface area contributed by atoms with Crippen molar-refractivity contribution in [2.75, 3.05) is 0 Å². The Kier molecular flexibility index (Phi) is 3.38. The Morgan fingerprint density at radius 3 is 2.65 bits per heavy atom. The molecule has 0 bridgehead atoms. The Balaban J connectivity index is 2.26. The summed E-state index contributed by atoms with van der Waals surface area (Å²) in [6, 6.07) is 7.65. The van der Waals surface area contributed by atoms with Gasteiger partial charge in [0.1, 0.15) is 0 Å². The summed E-state index contributed by atoms with van der Waals surface area (Å²) in [6.07, 6.45) is 1.73. The van der Waals surface area contributed by atoms with Crippen molar-refractivity contribution in [2.45, 2.75) is 26.7 Å². The fourth-order valence-corrected chi connectivity index (χ4v) is 2.74. The molecule has 0 aromatic carbocycles. The molecule has 0 aliphatic heterocycles. The molecule has 0 amide bonds. The van der Waals surface area contributed by atoms with Crippen LogP contribution < -0.4 is 0 Å². The summed E-state index contributed by atoms with van der Waals surface area (Å²) in [7, 11) is 0. The van der Waals surface area contributed by atoms with E-state index in [2.05, 4.69) is 4.98 Å². The van der Waals surface area contributed by atoms with Gasteiger partial charge in [0.25, 0.3) is 0 Å². The maximum Gasteiger partial charge on any atom is 0.181 e. The van der Waals surface area contributed by atoms with Crippen LogP contribution in [0.15, 0.2) is 30.5 Å². The molecule has 0 aliphatic carbocycles. The quantitative estimate of drug-likeness (QED) is 0.771. The zero-order valence-corrected chi connectivity index (χ0v) is 11.0. The molecule has 0 aliphatic rings. The maximum absolute atomic E-state index is 12.3. The molecule has 0 N–H and O–H groups in total. The first kappa shape index (κ1) is 12.0. The molecular weight excluding hydrogens is 230 g/mol. The van der Waals surface area contributed by atoms with Crippen LogP contribution >= 0.6 is 11.3 Å². The Morgan fingerprint density at radius 2 is 2.12 bits per heavy atom. The number of aryl methyl sites for hydroxylation is 2. The number of hydrogen-bond donors (Lipinski definition) is 0. The van der Waals surface area contributed by atoms with Crippen LogP contribution in [0, 0.1) is 13.8 Å². The van der Waals surface area contributed by atoms with Crippen LogP contribution in [0.4, 0.5) is 0 Å². The molecule has 0 saturated carbocycles. The molecule has 1 unspecified atom stereocenters. The van der Waals surface area contributed by atoms with Gasteiger partial charge in [0, 0.05) is 11.1 Å². The van der Waals surface area contributed by atoms with Crippen LogP contribution in [0.25, 0.3) is 0 Å². The maximum atomic E-state index is 12.3. The number of thiophene rings is 1. The summed E-state index contributed by atoms with van der Waals surface area (Å²) in [4.78, 5) is 18.6. The summed E-state index contributed by atoms with van der Waals surface area (Å²) in [6.45, 7) is 5.99. The number of Topliss-reactive ketones (excluding diaryl/α,β-unsaturated/α-hetero) is 1. The molecular formula is C14H15NOS. The van der Waals surface area contributed by atoms with E-state index in [1.165, 1.54) is 10.4 Å². The topological polar surface area (TPSA) is 30.0 Å². The third-order valence-corrected chi connectivity index (χ3v) is 4.10. The molecule has 0 radical (unpaired) electrons. The highest BCUT2D eigenvalue weighted by Crippen LogP contribution is 2.26. The zero-order valence-electron chi connectivity index (χ0n) is 10.2. The minimum Gasteiger partial charge on any atom is -0.293 e. The molecule has 0 spiro atoms. The van der Waals surface area contributed by atoms with E-state index in [9.17, 15) is 4.79 Å². The van der Waals surface area contributed by atoms with Crippen molar-refractivity contribution in [3.05, 3.63) is 51.5 Å². The standard InChI is InChI=1S/C14H15NOS/c1-9-8-13(17-11(9)3)14(16)10(2)12-6-4-5-7-15-12/h4-8,10H,1-3H3. The molecule has 2 nitrogen and oxygen atoms in total. The first-order valence-electron chi connectivity index (χ1n) is 5.61. The van der Waals surface area contributed by atoms with Crippen LogP contribution in [0.2, 0.25) is 0 Å². The van der Waals surface area contributed by atoms with Crippen molar-refractivity contribution in [3.8, 4) is 0 Å². The van der Waals surface area contributed by atoms with Crippen molar-refractivity contribution in [2.24, 2.45) is 0 Å². The second kappa shape index (κ2) is 4.80. The smallest absolute Gasteiger partial charge is 0.181 e. The highest BCUT2D eigenvalue weighted by atomic mass is 32.1. The van der Waals surface area contributed by atoms with Crippen LogP contribution in [0.3, 0.4) is 0 Å². The van der Waals surface area contributed by atoms with Gasteiger partial charge in [-0.1, -0.05) is 6.07 Å². The van der Waals surface area contributed by atoms with Gasteiger partial charge in [-0.2, -0.15) is 0 Å². The Labute approximate surface area is 105 Å². The van der Waals surface area contributed by atoms with Crippen molar-refractivity contribution in [1.82, 2.24) is 4.98 Å². The van der Waals surface area contributed by atoms with E-state index in [-0.39, 0.29) is 11.7 Å². The number of aromatic nitrogens is 1. The molecule has 3 heteroatoms. The number of hydrogen-bond acceptors (Lipinski definition) is 3.